The van der Waals surface area contributed by atoms with E-state index in [9.17, 15) is 9.59 Å². The average molecular weight is 402 g/mol. The molecule has 0 spiro atoms. The standard InChI is InChI=1S/C25H26N2O3/c1-15-8-4-5-11-19(15)27-25(29)22-16(2)26-20-12-7-13-21(28)24(20)23(22)17-9-6-10-18(14-17)30-3/h4-6,8-11,14,23,26H,7,12-13H2,1-3H3,(H,27,29). The zero-order chi connectivity index (χ0) is 21.3. The normalized spacial score (nSPS) is 18.6. The summed E-state index contributed by atoms with van der Waals surface area (Å²) in [4.78, 5) is 26.4. The molecule has 0 bridgehead atoms. The molecule has 2 aliphatic rings. The number of methoxy groups -OCH3 is 1. The molecule has 1 amide bonds. The fraction of sp³-hybridized carbons (Fsp3) is 0.280. The van der Waals surface area contributed by atoms with E-state index in [1.54, 1.807) is 7.11 Å². The molecular formula is C25H26N2O3. The lowest BCUT2D eigenvalue weighted by atomic mass is 9.75. The molecule has 2 aromatic rings. The van der Waals surface area contributed by atoms with Gasteiger partial charge in [0.15, 0.2) is 5.78 Å². The Kier molecular flexibility index (Phi) is 5.44. The van der Waals surface area contributed by atoms with E-state index in [1.165, 1.54) is 0 Å². The molecule has 1 atom stereocenters. The number of benzene rings is 2. The summed E-state index contributed by atoms with van der Waals surface area (Å²) in [5, 5.41) is 6.40. The van der Waals surface area contributed by atoms with Crippen molar-refractivity contribution in [2.75, 3.05) is 12.4 Å². The number of hydrogen-bond acceptors (Lipinski definition) is 4. The van der Waals surface area contributed by atoms with Crippen LogP contribution in [0.2, 0.25) is 0 Å². The zero-order valence-electron chi connectivity index (χ0n) is 17.5. The van der Waals surface area contributed by atoms with Crippen molar-refractivity contribution in [3.05, 3.63) is 82.2 Å². The van der Waals surface area contributed by atoms with E-state index < -0.39 is 5.92 Å². The first-order valence-corrected chi connectivity index (χ1v) is 10.2. The molecule has 154 valence electrons. The van der Waals surface area contributed by atoms with Crippen LogP contribution in [0.4, 0.5) is 5.69 Å². The number of rotatable bonds is 4. The van der Waals surface area contributed by atoms with Gasteiger partial charge in [0.2, 0.25) is 0 Å². The number of aryl methyl sites for hydroxylation is 1. The molecule has 30 heavy (non-hydrogen) atoms. The molecule has 2 N–H and O–H groups in total. The van der Waals surface area contributed by atoms with Gasteiger partial charge in [-0.2, -0.15) is 0 Å². The Morgan fingerprint density at radius 2 is 1.90 bits per heavy atom. The van der Waals surface area contributed by atoms with Gasteiger partial charge in [-0.1, -0.05) is 30.3 Å². The van der Waals surface area contributed by atoms with Crippen molar-refractivity contribution in [2.45, 2.75) is 39.0 Å². The Bertz CT molecular complexity index is 1080. The lowest BCUT2D eigenvalue weighted by Gasteiger charge is -2.34. The number of dihydropyridines is 1. The molecule has 5 heteroatoms. The average Bonchev–Trinajstić information content (AvgIpc) is 2.74. The highest BCUT2D eigenvalue weighted by molar-refractivity contribution is 6.10. The number of allylic oxidation sites excluding steroid dienone is 3. The number of ether oxygens (including phenoxy) is 1. The van der Waals surface area contributed by atoms with Crippen molar-refractivity contribution in [2.24, 2.45) is 0 Å². The van der Waals surface area contributed by atoms with Gasteiger partial charge in [0.25, 0.3) is 5.91 Å². The van der Waals surface area contributed by atoms with Gasteiger partial charge in [0.1, 0.15) is 5.75 Å². The molecule has 1 aliphatic heterocycles. The van der Waals surface area contributed by atoms with Crippen LogP contribution in [0, 0.1) is 6.92 Å². The van der Waals surface area contributed by atoms with Crippen LogP contribution < -0.4 is 15.4 Å². The van der Waals surface area contributed by atoms with Crippen LogP contribution in [0.25, 0.3) is 0 Å². The molecule has 0 radical (unpaired) electrons. The van der Waals surface area contributed by atoms with Crippen LogP contribution in [-0.2, 0) is 9.59 Å². The first-order valence-electron chi connectivity index (χ1n) is 10.2. The number of ketones is 1. The maximum Gasteiger partial charge on any atom is 0.254 e. The Balaban J connectivity index is 1.81. The lowest BCUT2D eigenvalue weighted by molar-refractivity contribution is -0.116. The highest BCUT2D eigenvalue weighted by Crippen LogP contribution is 2.43. The SMILES string of the molecule is COc1cccc(C2C(C(=O)Nc3ccccc3C)=C(C)NC3=C2C(=O)CCC3)c1. The van der Waals surface area contributed by atoms with E-state index >= 15 is 0 Å². The van der Waals surface area contributed by atoms with Gasteiger partial charge in [-0.05, 0) is 56.0 Å². The smallest absolute Gasteiger partial charge is 0.254 e. The fourth-order valence-corrected chi connectivity index (χ4v) is 4.34. The number of carbonyl (C=O) groups is 2. The van der Waals surface area contributed by atoms with Crippen LogP contribution in [0.3, 0.4) is 0 Å². The Labute approximate surface area is 176 Å². The third-order valence-electron chi connectivity index (χ3n) is 5.84. The summed E-state index contributed by atoms with van der Waals surface area (Å²) in [6, 6.07) is 15.3. The van der Waals surface area contributed by atoms with E-state index in [4.69, 9.17) is 4.74 Å². The predicted molar refractivity (Wildman–Crippen MR) is 117 cm³/mol. The monoisotopic (exact) mass is 402 g/mol. The van der Waals surface area contributed by atoms with E-state index in [0.29, 0.717) is 23.3 Å². The Morgan fingerprint density at radius 3 is 2.67 bits per heavy atom. The number of amides is 1. The third-order valence-corrected chi connectivity index (χ3v) is 5.84. The van der Waals surface area contributed by atoms with Crippen molar-refractivity contribution in [3.8, 4) is 5.75 Å². The quantitative estimate of drug-likeness (QED) is 0.784. The molecule has 1 heterocycles. The summed E-state index contributed by atoms with van der Waals surface area (Å²) in [5.41, 5.74) is 5.62. The van der Waals surface area contributed by atoms with Crippen LogP contribution in [0.1, 0.15) is 43.2 Å². The second kappa shape index (κ2) is 8.19. The molecule has 5 nitrogen and oxygen atoms in total. The number of para-hydroxylation sites is 1. The number of nitrogens with one attached hydrogen (secondary N) is 2. The van der Waals surface area contributed by atoms with Crippen molar-refractivity contribution in [1.29, 1.82) is 0 Å². The first kappa shape index (κ1) is 20.0. The summed E-state index contributed by atoms with van der Waals surface area (Å²) < 4.78 is 5.41. The predicted octanol–water partition coefficient (Wildman–Crippen LogP) is 4.61. The maximum absolute atomic E-state index is 13.5. The second-order valence-corrected chi connectivity index (χ2v) is 7.81. The minimum absolute atomic E-state index is 0.102. The van der Waals surface area contributed by atoms with E-state index in [1.807, 2.05) is 62.4 Å². The van der Waals surface area contributed by atoms with E-state index in [-0.39, 0.29) is 11.7 Å². The highest BCUT2D eigenvalue weighted by atomic mass is 16.5. The Morgan fingerprint density at radius 1 is 1.10 bits per heavy atom. The molecule has 1 aliphatic carbocycles. The second-order valence-electron chi connectivity index (χ2n) is 7.81. The largest absolute Gasteiger partial charge is 0.497 e. The lowest BCUT2D eigenvalue weighted by Crippen LogP contribution is -2.35. The number of carbonyl (C=O) groups excluding carboxylic acids is 2. The van der Waals surface area contributed by atoms with Gasteiger partial charge in [-0.25, -0.2) is 0 Å². The summed E-state index contributed by atoms with van der Waals surface area (Å²) in [7, 11) is 1.62. The molecular weight excluding hydrogens is 376 g/mol. The van der Waals surface area contributed by atoms with Crippen LogP contribution in [-0.4, -0.2) is 18.8 Å². The fourth-order valence-electron chi connectivity index (χ4n) is 4.34. The topological polar surface area (TPSA) is 67.4 Å². The summed E-state index contributed by atoms with van der Waals surface area (Å²) >= 11 is 0. The third kappa shape index (κ3) is 3.63. The van der Waals surface area contributed by atoms with Gasteiger partial charge in [0, 0.05) is 40.6 Å². The van der Waals surface area contributed by atoms with Crippen molar-refractivity contribution in [3.63, 3.8) is 0 Å². The van der Waals surface area contributed by atoms with Crippen molar-refractivity contribution < 1.29 is 14.3 Å². The molecule has 0 saturated carbocycles. The van der Waals surface area contributed by atoms with Crippen LogP contribution >= 0.6 is 0 Å². The molecule has 0 fully saturated rings. The molecule has 2 aromatic carbocycles. The van der Waals surface area contributed by atoms with E-state index in [2.05, 4.69) is 10.6 Å². The van der Waals surface area contributed by atoms with Crippen LogP contribution in [0.15, 0.2) is 71.1 Å². The molecule has 0 aromatic heterocycles. The molecule has 0 saturated heterocycles. The molecule has 4 rings (SSSR count). The number of Topliss-reactive ketones (excluding diaryl/α,β-unsaturated/α-hetero) is 1. The van der Waals surface area contributed by atoms with Crippen molar-refractivity contribution in [1.82, 2.24) is 5.32 Å². The van der Waals surface area contributed by atoms with Crippen molar-refractivity contribution >= 4 is 17.4 Å². The summed E-state index contributed by atoms with van der Waals surface area (Å²) in [6.45, 7) is 3.86. The summed E-state index contributed by atoms with van der Waals surface area (Å²) in [6.07, 6.45) is 2.14. The van der Waals surface area contributed by atoms with Gasteiger partial charge < -0.3 is 15.4 Å². The number of hydrogen-bond donors (Lipinski definition) is 2. The van der Waals surface area contributed by atoms with Gasteiger partial charge in [0.05, 0.1) is 7.11 Å². The first-order chi connectivity index (χ1) is 14.5. The van der Waals surface area contributed by atoms with Crippen LogP contribution in [0.5, 0.6) is 5.75 Å². The minimum atomic E-state index is -0.423. The maximum atomic E-state index is 13.5. The zero-order valence-corrected chi connectivity index (χ0v) is 17.5. The highest BCUT2D eigenvalue weighted by Gasteiger charge is 2.38. The van der Waals surface area contributed by atoms with Gasteiger partial charge in [-0.3, -0.25) is 9.59 Å². The number of anilines is 1. The molecule has 1 unspecified atom stereocenters. The van der Waals surface area contributed by atoms with Gasteiger partial charge in [-0.15, -0.1) is 0 Å². The van der Waals surface area contributed by atoms with E-state index in [0.717, 1.165) is 41.1 Å². The minimum Gasteiger partial charge on any atom is -0.497 e. The summed E-state index contributed by atoms with van der Waals surface area (Å²) in [5.74, 6) is 0.179. The van der Waals surface area contributed by atoms with Gasteiger partial charge >= 0.3 is 0 Å². The Hall–Kier alpha value is -3.34.